The van der Waals surface area contributed by atoms with Gasteiger partial charge in [0, 0.05) is 5.54 Å². The standard InChI is InChI=1S/C9H19NO2.CO2/c1-5-9(3,6-2)10-7-8(11)12-4;2-1-3/h10H,5-7H2,1-4H3;. The highest BCUT2D eigenvalue weighted by Gasteiger charge is 2.19. The lowest BCUT2D eigenvalue weighted by Crippen LogP contribution is -2.44. The summed E-state index contributed by atoms with van der Waals surface area (Å²) in [6.45, 7) is 6.62. The van der Waals surface area contributed by atoms with Gasteiger partial charge in [0.15, 0.2) is 0 Å². The summed E-state index contributed by atoms with van der Waals surface area (Å²) in [5, 5.41) is 3.17. The summed E-state index contributed by atoms with van der Waals surface area (Å²) in [6, 6.07) is 0. The van der Waals surface area contributed by atoms with Gasteiger partial charge in [-0.3, -0.25) is 4.79 Å². The van der Waals surface area contributed by atoms with Crippen molar-refractivity contribution in [2.45, 2.75) is 39.2 Å². The topological polar surface area (TPSA) is 72.5 Å². The van der Waals surface area contributed by atoms with Crippen LogP contribution in [-0.2, 0) is 19.1 Å². The smallest absolute Gasteiger partial charge is 0.373 e. The molecule has 0 aromatic rings. The summed E-state index contributed by atoms with van der Waals surface area (Å²) in [5.41, 5.74) is 0.0637. The molecule has 0 aromatic carbocycles. The molecule has 0 heterocycles. The first-order valence-electron chi connectivity index (χ1n) is 4.80. The molecule has 0 rings (SSSR count). The molecular formula is C10H19NO4. The fraction of sp³-hybridized carbons (Fsp3) is 0.800. The van der Waals surface area contributed by atoms with E-state index in [1.807, 2.05) is 0 Å². The van der Waals surface area contributed by atoms with E-state index in [0.717, 1.165) is 12.8 Å². The quantitative estimate of drug-likeness (QED) is 0.688. The van der Waals surface area contributed by atoms with E-state index in [9.17, 15) is 4.79 Å². The predicted molar refractivity (Wildman–Crippen MR) is 54.0 cm³/mol. The molecule has 5 heteroatoms. The van der Waals surface area contributed by atoms with E-state index in [2.05, 4.69) is 30.8 Å². The first-order valence-corrected chi connectivity index (χ1v) is 4.80. The largest absolute Gasteiger partial charge is 0.468 e. The van der Waals surface area contributed by atoms with Gasteiger partial charge in [0.2, 0.25) is 0 Å². The van der Waals surface area contributed by atoms with Gasteiger partial charge in [0.25, 0.3) is 0 Å². The molecule has 88 valence electrons. The van der Waals surface area contributed by atoms with Crippen molar-refractivity contribution in [3.05, 3.63) is 0 Å². The van der Waals surface area contributed by atoms with Crippen LogP contribution in [0.4, 0.5) is 0 Å². The van der Waals surface area contributed by atoms with Gasteiger partial charge in [0.1, 0.15) is 0 Å². The Morgan fingerprint density at radius 2 is 1.73 bits per heavy atom. The Balaban J connectivity index is 0. The van der Waals surface area contributed by atoms with Gasteiger partial charge in [-0.1, -0.05) is 13.8 Å². The molecule has 0 saturated heterocycles. The second-order valence-electron chi connectivity index (χ2n) is 3.28. The van der Waals surface area contributed by atoms with Gasteiger partial charge in [-0.2, -0.15) is 9.59 Å². The van der Waals surface area contributed by atoms with E-state index in [1.54, 1.807) is 0 Å². The summed E-state index contributed by atoms with van der Waals surface area (Å²) in [7, 11) is 1.40. The van der Waals surface area contributed by atoms with Gasteiger partial charge >= 0.3 is 12.1 Å². The number of hydrogen-bond acceptors (Lipinski definition) is 5. The maximum atomic E-state index is 10.8. The zero-order chi connectivity index (χ0) is 12.3. The van der Waals surface area contributed by atoms with Crippen LogP contribution in [0.5, 0.6) is 0 Å². The van der Waals surface area contributed by atoms with Crippen molar-refractivity contribution in [1.29, 1.82) is 0 Å². The van der Waals surface area contributed by atoms with Crippen molar-refractivity contribution in [2.75, 3.05) is 13.7 Å². The molecule has 0 aliphatic heterocycles. The van der Waals surface area contributed by atoms with Crippen LogP contribution in [0.3, 0.4) is 0 Å². The van der Waals surface area contributed by atoms with Gasteiger partial charge < -0.3 is 10.1 Å². The summed E-state index contributed by atoms with van der Waals surface area (Å²) in [5.74, 6) is -0.205. The molecule has 0 unspecified atom stereocenters. The van der Waals surface area contributed by atoms with E-state index >= 15 is 0 Å². The number of rotatable bonds is 5. The maximum Gasteiger partial charge on any atom is 0.373 e. The van der Waals surface area contributed by atoms with Gasteiger partial charge in [-0.25, -0.2) is 0 Å². The highest BCUT2D eigenvalue weighted by atomic mass is 16.5. The van der Waals surface area contributed by atoms with Crippen LogP contribution < -0.4 is 5.32 Å². The summed E-state index contributed by atoms with van der Waals surface area (Å²) >= 11 is 0. The molecule has 0 bridgehead atoms. The highest BCUT2D eigenvalue weighted by Crippen LogP contribution is 2.12. The summed E-state index contributed by atoms with van der Waals surface area (Å²) < 4.78 is 4.53. The lowest BCUT2D eigenvalue weighted by molar-refractivity contribution is -0.191. The molecule has 0 aromatic heterocycles. The molecule has 0 spiro atoms. The summed E-state index contributed by atoms with van der Waals surface area (Å²) in [4.78, 5) is 27.1. The second kappa shape index (κ2) is 9.37. The molecule has 0 amide bonds. The van der Waals surface area contributed by atoms with E-state index in [-0.39, 0.29) is 17.7 Å². The van der Waals surface area contributed by atoms with Crippen LogP contribution >= 0.6 is 0 Å². The Kier molecular flexibility index (Phi) is 10.1. The Bertz CT molecular complexity index is 205. The highest BCUT2D eigenvalue weighted by molar-refractivity contribution is 5.71. The lowest BCUT2D eigenvalue weighted by atomic mass is 9.96. The van der Waals surface area contributed by atoms with Crippen molar-refractivity contribution in [1.82, 2.24) is 5.32 Å². The SMILES string of the molecule is CCC(C)(CC)NCC(=O)OC.O=C=O. The van der Waals surface area contributed by atoms with Crippen LogP contribution in [0.15, 0.2) is 0 Å². The van der Waals surface area contributed by atoms with Gasteiger partial charge in [0.05, 0.1) is 13.7 Å². The van der Waals surface area contributed by atoms with Crippen molar-refractivity contribution in [3.8, 4) is 0 Å². The normalized spacial score (nSPS) is 9.60. The number of carbonyl (C=O) groups is 1. The molecule has 0 fully saturated rings. The van der Waals surface area contributed by atoms with Crippen molar-refractivity contribution in [2.24, 2.45) is 0 Å². The van der Waals surface area contributed by atoms with E-state index < -0.39 is 0 Å². The third-order valence-corrected chi connectivity index (χ3v) is 2.45. The van der Waals surface area contributed by atoms with Gasteiger partial charge in [-0.05, 0) is 19.8 Å². The molecule has 15 heavy (non-hydrogen) atoms. The number of methoxy groups -OCH3 is 1. The van der Waals surface area contributed by atoms with Crippen molar-refractivity contribution in [3.63, 3.8) is 0 Å². The summed E-state index contributed by atoms with van der Waals surface area (Å²) in [6.07, 6.45) is 2.28. The van der Waals surface area contributed by atoms with Crippen LogP contribution in [-0.4, -0.2) is 31.3 Å². The average molecular weight is 217 g/mol. The first-order chi connectivity index (χ1) is 6.99. The number of esters is 1. The van der Waals surface area contributed by atoms with Crippen LogP contribution in [0, 0.1) is 0 Å². The number of ether oxygens (including phenoxy) is 1. The minimum atomic E-state index is -0.205. The van der Waals surface area contributed by atoms with Crippen molar-refractivity contribution >= 4 is 12.1 Å². The average Bonchev–Trinajstić information content (AvgIpc) is 2.26. The third kappa shape index (κ3) is 9.12. The zero-order valence-corrected chi connectivity index (χ0v) is 9.75. The monoisotopic (exact) mass is 217 g/mol. The Labute approximate surface area is 90.2 Å². The Morgan fingerprint density at radius 1 is 1.33 bits per heavy atom. The van der Waals surface area contributed by atoms with Crippen molar-refractivity contribution < 1.29 is 19.1 Å². The fourth-order valence-electron chi connectivity index (χ4n) is 0.858. The molecule has 1 N–H and O–H groups in total. The molecular weight excluding hydrogens is 198 g/mol. The molecule has 0 saturated carbocycles. The molecule has 0 aliphatic rings. The molecule has 0 radical (unpaired) electrons. The number of carbonyl (C=O) groups excluding carboxylic acids is 3. The van der Waals surface area contributed by atoms with E-state index in [1.165, 1.54) is 7.11 Å². The number of nitrogens with one attached hydrogen (secondary N) is 1. The molecule has 0 aliphatic carbocycles. The maximum absolute atomic E-state index is 10.8. The van der Waals surface area contributed by atoms with E-state index in [4.69, 9.17) is 9.59 Å². The third-order valence-electron chi connectivity index (χ3n) is 2.45. The second-order valence-corrected chi connectivity index (χ2v) is 3.28. The zero-order valence-electron chi connectivity index (χ0n) is 9.75. The Hall–Kier alpha value is -1.19. The predicted octanol–water partition coefficient (Wildman–Crippen LogP) is 0.744. The Morgan fingerprint density at radius 3 is 2.00 bits per heavy atom. The van der Waals surface area contributed by atoms with Crippen LogP contribution in [0.25, 0.3) is 0 Å². The minimum absolute atomic E-state index is 0.0637. The fourth-order valence-corrected chi connectivity index (χ4v) is 0.858. The minimum Gasteiger partial charge on any atom is -0.468 e. The van der Waals surface area contributed by atoms with E-state index in [0.29, 0.717) is 6.54 Å². The molecule has 0 atom stereocenters. The van der Waals surface area contributed by atoms with Gasteiger partial charge in [-0.15, -0.1) is 0 Å². The first kappa shape index (κ1) is 16.2. The lowest BCUT2D eigenvalue weighted by Gasteiger charge is -2.27. The number of hydrogen-bond donors (Lipinski definition) is 1. The molecule has 5 nitrogen and oxygen atoms in total. The van der Waals surface area contributed by atoms with Crippen LogP contribution in [0.1, 0.15) is 33.6 Å². The van der Waals surface area contributed by atoms with Crippen LogP contribution in [0.2, 0.25) is 0 Å².